The third-order valence-electron chi connectivity index (χ3n) is 8.24. The zero-order valence-electron chi connectivity index (χ0n) is 23.4. The van der Waals surface area contributed by atoms with Crippen LogP contribution in [0.2, 0.25) is 0 Å². The number of ether oxygens (including phenoxy) is 2. The molecule has 0 amide bonds. The fourth-order valence-electron chi connectivity index (χ4n) is 5.95. The predicted octanol–water partition coefficient (Wildman–Crippen LogP) is 1.46. The molecule has 37 heavy (non-hydrogen) atoms. The number of hydrogen-bond acceptors (Lipinski definition) is 9. The Balaban J connectivity index is 1.86. The summed E-state index contributed by atoms with van der Waals surface area (Å²) in [6.07, 6.45) is 4.46. The van der Waals surface area contributed by atoms with E-state index in [4.69, 9.17) is 15.2 Å². The summed E-state index contributed by atoms with van der Waals surface area (Å²) in [7, 11) is 0. The molecule has 220 valence electrons. The lowest BCUT2D eigenvalue weighted by Gasteiger charge is -2.53. The Morgan fingerprint density at radius 2 is 1.57 bits per heavy atom. The van der Waals surface area contributed by atoms with Crippen LogP contribution >= 0.6 is 0 Å². The summed E-state index contributed by atoms with van der Waals surface area (Å²) in [6.45, 7) is 7.42. The highest BCUT2D eigenvalue weighted by molar-refractivity contribution is 5.04. The van der Waals surface area contributed by atoms with Gasteiger partial charge in [-0.1, -0.05) is 71.6 Å². The molecule has 2 saturated heterocycles. The first-order chi connectivity index (χ1) is 17.6. The smallest absolute Gasteiger partial charge is 0.109 e. The van der Waals surface area contributed by atoms with Crippen LogP contribution < -0.4 is 11.1 Å². The summed E-state index contributed by atoms with van der Waals surface area (Å²) in [5.41, 5.74) is 4.51. The van der Waals surface area contributed by atoms with E-state index in [1.807, 2.05) is 0 Å². The van der Waals surface area contributed by atoms with E-state index in [2.05, 4.69) is 19.2 Å². The molecular formula is C28H56N2O7. The molecule has 2 fully saturated rings. The lowest BCUT2D eigenvalue weighted by atomic mass is 9.74. The zero-order valence-corrected chi connectivity index (χ0v) is 23.4. The number of aliphatic hydroxyl groups excluding tert-OH is 5. The highest BCUT2D eigenvalue weighted by atomic mass is 16.6. The van der Waals surface area contributed by atoms with Gasteiger partial charge in [-0.3, -0.25) is 0 Å². The molecule has 0 aromatic heterocycles. The van der Waals surface area contributed by atoms with Crippen molar-refractivity contribution in [1.29, 1.82) is 0 Å². The first kappa shape index (κ1) is 32.8. The molecule has 0 bridgehead atoms. The molecule has 0 saturated carbocycles. The van der Waals surface area contributed by atoms with Crippen molar-refractivity contribution in [3.05, 3.63) is 0 Å². The molecule has 0 aromatic carbocycles. The number of unbranched alkanes of at least 4 members (excludes halogenated alkanes) is 7. The average molecular weight is 533 g/mol. The summed E-state index contributed by atoms with van der Waals surface area (Å²) >= 11 is 0. The van der Waals surface area contributed by atoms with Crippen molar-refractivity contribution >= 4 is 0 Å². The van der Waals surface area contributed by atoms with Gasteiger partial charge in [0.25, 0.3) is 0 Å². The van der Waals surface area contributed by atoms with Crippen molar-refractivity contribution in [1.82, 2.24) is 5.32 Å². The first-order valence-corrected chi connectivity index (χ1v) is 14.7. The molecule has 0 aromatic rings. The van der Waals surface area contributed by atoms with Crippen LogP contribution in [0.4, 0.5) is 0 Å². The number of nitrogens with two attached hydrogens (primary N) is 1. The van der Waals surface area contributed by atoms with Crippen molar-refractivity contribution in [3.63, 3.8) is 0 Å². The molecule has 9 nitrogen and oxygen atoms in total. The molecule has 2 aliphatic rings. The van der Waals surface area contributed by atoms with Crippen LogP contribution in [0, 0.1) is 11.8 Å². The SMILES string of the molecule is CC(C)CCCCCCCCCCC1(C)OC(CO)C([C@H]2OC(CNCCN)C[C@H](O)[C@H]2O)[C@H](O)[C@H]1O. The molecule has 9 atom stereocenters. The normalized spacial score (nSPS) is 36.8. The largest absolute Gasteiger partial charge is 0.394 e. The van der Waals surface area contributed by atoms with Gasteiger partial charge in [0.1, 0.15) is 12.2 Å². The Bertz CT molecular complexity index is 611. The van der Waals surface area contributed by atoms with Gasteiger partial charge in [0.2, 0.25) is 0 Å². The fraction of sp³-hybridized carbons (Fsp3) is 1.00. The minimum absolute atomic E-state index is 0.237. The van der Waals surface area contributed by atoms with Gasteiger partial charge in [-0.15, -0.1) is 0 Å². The van der Waals surface area contributed by atoms with Crippen molar-refractivity contribution in [2.24, 2.45) is 17.6 Å². The highest BCUT2D eigenvalue weighted by Gasteiger charge is 2.56. The Labute approximate surface area is 224 Å². The van der Waals surface area contributed by atoms with E-state index in [9.17, 15) is 25.5 Å². The molecule has 9 heteroatoms. The van der Waals surface area contributed by atoms with Crippen LogP contribution in [-0.4, -0.2) is 100 Å². The van der Waals surface area contributed by atoms with Crippen molar-refractivity contribution in [3.8, 4) is 0 Å². The summed E-state index contributed by atoms with van der Waals surface area (Å²) < 4.78 is 12.3. The van der Waals surface area contributed by atoms with Crippen LogP contribution in [0.15, 0.2) is 0 Å². The number of hydrogen-bond donors (Lipinski definition) is 7. The van der Waals surface area contributed by atoms with E-state index in [0.29, 0.717) is 26.1 Å². The number of nitrogens with one attached hydrogen (secondary N) is 1. The molecule has 2 heterocycles. The van der Waals surface area contributed by atoms with Crippen LogP contribution in [0.3, 0.4) is 0 Å². The van der Waals surface area contributed by atoms with Crippen molar-refractivity contribution in [2.75, 3.05) is 26.2 Å². The zero-order chi connectivity index (χ0) is 27.4. The monoisotopic (exact) mass is 532 g/mol. The van der Waals surface area contributed by atoms with Crippen molar-refractivity contribution in [2.45, 2.75) is 140 Å². The van der Waals surface area contributed by atoms with Crippen LogP contribution in [0.5, 0.6) is 0 Å². The molecule has 0 radical (unpaired) electrons. The van der Waals surface area contributed by atoms with Gasteiger partial charge < -0.3 is 46.1 Å². The maximum Gasteiger partial charge on any atom is 0.109 e. The number of aliphatic hydroxyl groups is 5. The minimum atomic E-state index is -1.27. The average Bonchev–Trinajstić information content (AvgIpc) is 2.86. The fourth-order valence-corrected chi connectivity index (χ4v) is 5.95. The maximum absolute atomic E-state index is 11.2. The molecule has 0 spiro atoms. The van der Waals surface area contributed by atoms with E-state index in [1.165, 1.54) is 38.5 Å². The van der Waals surface area contributed by atoms with E-state index >= 15 is 0 Å². The van der Waals surface area contributed by atoms with Crippen LogP contribution in [0.25, 0.3) is 0 Å². The maximum atomic E-state index is 11.2. The Morgan fingerprint density at radius 1 is 0.946 bits per heavy atom. The van der Waals surface area contributed by atoms with Gasteiger partial charge in [0.05, 0.1) is 42.7 Å². The Morgan fingerprint density at radius 3 is 2.16 bits per heavy atom. The molecule has 2 rings (SSSR count). The third kappa shape index (κ3) is 9.96. The second-order valence-electron chi connectivity index (χ2n) is 11.9. The third-order valence-corrected chi connectivity index (χ3v) is 8.24. The van der Waals surface area contributed by atoms with E-state index in [1.54, 1.807) is 6.92 Å². The van der Waals surface area contributed by atoms with Gasteiger partial charge in [-0.2, -0.15) is 0 Å². The topological polar surface area (TPSA) is 158 Å². The van der Waals surface area contributed by atoms with Gasteiger partial charge in [-0.25, -0.2) is 0 Å². The second kappa shape index (κ2) is 16.7. The van der Waals surface area contributed by atoms with Crippen LogP contribution in [0.1, 0.15) is 91.4 Å². The summed E-state index contributed by atoms with van der Waals surface area (Å²) in [4.78, 5) is 0. The Hall–Kier alpha value is -0.360. The quantitative estimate of drug-likeness (QED) is 0.138. The minimum Gasteiger partial charge on any atom is -0.394 e. The lowest BCUT2D eigenvalue weighted by Crippen LogP contribution is -2.67. The van der Waals surface area contributed by atoms with E-state index in [-0.39, 0.29) is 13.0 Å². The molecule has 2 aliphatic heterocycles. The summed E-state index contributed by atoms with van der Waals surface area (Å²) in [5.74, 6) is -0.101. The predicted molar refractivity (Wildman–Crippen MR) is 144 cm³/mol. The molecule has 4 unspecified atom stereocenters. The second-order valence-corrected chi connectivity index (χ2v) is 11.9. The summed E-state index contributed by atoms with van der Waals surface area (Å²) in [5, 5.41) is 56.7. The standard InChI is InChI=1S/C28H56N2O7/c1-19(2)12-10-8-6-4-5-7-9-11-13-28(3)27(35)25(34)23(22(18-31)37-28)26-24(33)21(32)16-20(36-26)17-30-15-14-29/h19-27,30-35H,4-18,29H2,1-3H3/t20?,21-,22?,23?,24+,25-,26+,27+,28?/m0/s1. The van der Waals surface area contributed by atoms with Gasteiger partial charge >= 0.3 is 0 Å². The van der Waals surface area contributed by atoms with Gasteiger partial charge in [0.15, 0.2) is 0 Å². The molecule has 8 N–H and O–H groups in total. The van der Waals surface area contributed by atoms with Gasteiger partial charge in [0, 0.05) is 32.0 Å². The van der Waals surface area contributed by atoms with E-state index < -0.39 is 54.2 Å². The highest BCUT2D eigenvalue weighted by Crippen LogP contribution is 2.41. The first-order valence-electron chi connectivity index (χ1n) is 14.7. The van der Waals surface area contributed by atoms with Gasteiger partial charge in [-0.05, 0) is 19.3 Å². The summed E-state index contributed by atoms with van der Waals surface area (Å²) in [6, 6.07) is 0. The number of rotatable bonds is 17. The van der Waals surface area contributed by atoms with Crippen molar-refractivity contribution < 1.29 is 35.0 Å². The molecule has 0 aliphatic carbocycles. The lowest BCUT2D eigenvalue weighted by molar-refractivity contribution is -0.293. The molecular weight excluding hydrogens is 476 g/mol. The Kier molecular flexibility index (Phi) is 14.8. The van der Waals surface area contributed by atoms with E-state index in [0.717, 1.165) is 25.2 Å². The van der Waals surface area contributed by atoms with Crippen LogP contribution in [-0.2, 0) is 9.47 Å².